The topological polar surface area (TPSA) is 313 Å². The summed E-state index contributed by atoms with van der Waals surface area (Å²) < 4.78 is 126. The van der Waals surface area contributed by atoms with Crippen molar-refractivity contribution < 1.29 is 88.4 Å². The monoisotopic (exact) mass is 1850 g/mol. The number of rotatable bonds is 18. The van der Waals surface area contributed by atoms with Crippen molar-refractivity contribution in [2.75, 3.05) is 114 Å². The number of benzene rings is 4. The van der Waals surface area contributed by atoms with Crippen molar-refractivity contribution in [2.45, 2.75) is 97.6 Å². The van der Waals surface area contributed by atoms with Crippen molar-refractivity contribution in [3.05, 3.63) is 234 Å². The van der Waals surface area contributed by atoms with E-state index in [0.29, 0.717) is 146 Å². The predicted octanol–water partition coefficient (Wildman–Crippen LogP) is 13.0. The molecule has 4 saturated heterocycles. The molecule has 38 heteroatoms. The number of halogens is 9. The van der Waals surface area contributed by atoms with E-state index in [1.165, 1.54) is 40.1 Å². The van der Waals surface area contributed by atoms with Gasteiger partial charge in [-0.05, 0) is 104 Å². The molecule has 4 atom stereocenters. The van der Waals surface area contributed by atoms with E-state index in [1.54, 1.807) is 92.0 Å². The Morgan fingerprint density at radius 2 is 0.700 bits per heavy atom. The van der Waals surface area contributed by atoms with E-state index in [-0.39, 0.29) is 118 Å². The minimum Gasteiger partial charge on any atom is -0.453 e. The van der Waals surface area contributed by atoms with Crippen molar-refractivity contribution in [3.8, 4) is 45.0 Å². The van der Waals surface area contributed by atoms with Crippen molar-refractivity contribution in [2.24, 2.45) is 0 Å². The lowest BCUT2D eigenvalue weighted by Crippen LogP contribution is -2.46. The number of carbonyl (C=O) groups is 8. The van der Waals surface area contributed by atoms with Gasteiger partial charge in [0.1, 0.15) is 57.5 Å². The van der Waals surface area contributed by atoms with Gasteiger partial charge in [0.25, 0.3) is 23.6 Å². The number of nitrogens with zero attached hydrogens (tertiary/aromatic N) is 12. The van der Waals surface area contributed by atoms with E-state index >= 15 is 26.3 Å². The van der Waals surface area contributed by atoms with Gasteiger partial charge in [-0.3, -0.25) is 33.6 Å². The van der Waals surface area contributed by atoms with Crippen LogP contribution in [0, 0.1) is 48.8 Å². The fourth-order valence-electron chi connectivity index (χ4n) is 16.2. The maximum atomic E-state index is 15.1. The maximum absolute atomic E-state index is 15.1. The van der Waals surface area contributed by atoms with Crippen molar-refractivity contribution in [1.82, 2.24) is 78.4 Å². The van der Waals surface area contributed by atoms with Gasteiger partial charge in [-0.25, -0.2) is 51.1 Å². The number of imidazole rings is 4. The van der Waals surface area contributed by atoms with Crippen LogP contribution >= 0.6 is 34.8 Å². The number of aromatic nitrogens is 8. The first-order chi connectivity index (χ1) is 62.3. The molecule has 12 heterocycles. The van der Waals surface area contributed by atoms with Gasteiger partial charge in [0, 0.05) is 205 Å². The summed E-state index contributed by atoms with van der Waals surface area (Å²) in [5, 5.41) is 11.0. The first-order valence-electron chi connectivity index (χ1n) is 41.9. The largest absolute Gasteiger partial charge is 0.453 e. The highest BCUT2D eigenvalue weighted by molar-refractivity contribution is 6.31. The average molecular weight is 1850 g/mol. The molecule has 0 saturated carbocycles. The Morgan fingerprint density at radius 1 is 0.400 bits per heavy atom. The molecule has 4 aromatic carbocycles. The van der Waals surface area contributed by atoms with E-state index in [9.17, 15) is 38.4 Å². The molecule has 4 aliphatic rings. The third kappa shape index (κ3) is 21.3. The number of fused-ring (bicyclic) bond motifs is 4. The molecule has 8 aromatic heterocycles. The third-order valence-corrected chi connectivity index (χ3v) is 23.4. The van der Waals surface area contributed by atoms with E-state index in [4.69, 9.17) is 63.5 Å². The van der Waals surface area contributed by atoms with Crippen molar-refractivity contribution in [3.63, 3.8) is 0 Å². The van der Waals surface area contributed by atoms with Crippen LogP contribution in [0.15, 0.2) is 128 Å². The molecule has 16 rings (SSSR count). The number of amides is 8. The Balaban J connectivity index is 0.000000148. The van der Waals surface area contributed by atoms with Gasteiger partial charge in [0.2, 0.25) is 17.7 Å². The number of pyridine rings is 4. The average Bonchev–Trinajstić information content (AvgIpc) is 1.64. The van der Waals surface area contributed by atoms with Crippen LogP contribution in [0.1, 0.15) is 109 Å². The molecule has 0 radical (unpaired) electrons. The minimum atomic E-state index is -0.926. The van der Waals surface area contributed by atoms with Gasteiger partial charge in [-0.1, -0.05) is 54.7 Å². The maximum Gasteiger partial charge on any atom is 0.409 e. The summed E-state index contributed by atoms with van der Waals surface area (Å²) >= 11 is 18.3. The Hall–Kier alpha value is -12.5. The number of morpholine rings is 4. The number of carbonyl (C=O) groups excluding carboxylic acids is 8. The standard InChI is InChI=1S/C25H30N4O3.C23H23ClF2N4O3.C22H21ClF2N4O4.C22H21ClF2N4O3/c1-5-23(30)28-10-11-32-19(15-28)14-21-24(27-22-12-16(2)8-9-29(21)22)20-7-6-18(13-17(20)3)25(31)26-4;1-3-20(31)29-6-7-33-15(12-29)11-18-22(28-19-10-14(24)4-5-30(18)19)21-16(25)8-13(9-17(21)26)23(32)27-2;1-26-21(30)12-7-15(24)19(16(25)8-12)20-17(29-4-3-13(23)9-18(29)27-20)10-14-11-28(5-6-33-14)22(31)32-2;1-12(30)28-5-6-32-15(11-28)10-18-21(27-19-9-14(23)3-4-29(18)19)20-16(24)7-13(8-17(20)25)22(31)26-2/h6-9,12-13,19H,5,10-11,14-15H2,1-4H3,(H,26,31);4-5,8-10,15H,3,6-7,11-12H2,1-2H3,(H,27,32);3-4,7-9,14H,5-6,10-11H2,1-2H3,(H,26,30);3-4,7-9,15H,5-6,10-11H2,1-2H3,(H,26,31)/t19-;15-;14-;15-/m0000/s1. The Kier molecular flexibility index (Phi) is 30.7. The fourth-order valence-corrected chi connectivity index (χ4v) is 16.6. The molecule has 0 spiro atoms. The summed E-state index contributed by atoms with van der Waals surface area (Å²) in [7, 11) is 7.06. The molecule has 4 aliphatic heterocycles. The molecule has 0 bridgehead atoms. The van der Waals surface area contributed by atoms with Crippen LogP contribution in [0.3, 0.4) is 0 Å². The van der Waals surface area contributed by atoms with Crippen LogP contribution < -0.4 is 21.3 Å². The molecule has 8 amide bonds. The van der Waals surface area contributed by atoms with Crippen LogP contribution in [-0.4, -0.2) is 243 Å². The second-order valence-electron chi connectivity index (χ2n) is 31.1. The predicted molar refractivity (Wildman–Crippen MR) is 474 cm³/mol. The molecule has 130 heavy (non-hydrogen) atoms. The normalized spacial score (nSPS) is 16.3. The van der Waals surface area contributed by atoms with Crippen LogP contribution in [0.4, 0.5) is 31.1 Å². The Bertz CT molecular complexity index is 6090. The zero-order chi connectivity index (χ0) is 93.2. The SMILES string of the molecule is CCC(=O)N1CCO[C@@H](Cc2c(-c3c(F)cc(C(=O)NC)cc3F)nc3cc(Cl)ccn23)C1.CCC(=O)N1CCO[C@@H](Cc2c(-c3ccc(C(=O)NC)cc3C)nc3cc(C)ccn23)C1.CNC(=O)c1cc(F)c(-c2nc3cc(Cl)ccn3c2C[C@H]2CN(C(=O)OC)CCO2)c(F)c1.CNC(=O)c1cc(F)c(-c2nc3cc(Cl)ccn3c2C[C@H]2CN(C(C)=O)CCO2)c(F)c1. The summed E-state index contributed by atoms with van der Waals surface area (Å²) in [6.07, 6.45) is 7.54. The zero-order valence-electron chi connectivity index (χ0n) is 72.7. The molecule has 4 fully saturated rings. The lowest BCUT2D eigenvalue weighted by molar-refractivity contribution is -0.139. The second kappa shape index (κ2) is 41.9. The van der Waals surface area contributed by atoms with Crippen LogP contribution in [0.2, 0.25) is 15.1 Å². The highest BCUT2D eigenvalue weighted by Gasteiger charge is 2.35. The van der Waals surface area contributed by atoms with Crippen molar-refractivity contribution >= 4 is 105 Å². The van der Waals surface area contributed by atoms with Gasteiger partial charge in [0.15, 0.2) is 0 Å². The van der Waals surface area contributed by atoms with Gasteiger partial charge in [-0.2, -0.15) is 0 Å². The first-order valence-corrected chi connectivity index (χ1v) is 43.0. The fraction of sp³-hybridized carbons (Fsp3) is 0.348. The van der Waals surface area contributed by atoms with Crippen molar-refractivity contribution in [1.29, 1.82) is 0 Å². The number of aryl methyl sites for hydroxylation is 2. The number of nitrogens with one attached hydrogen (secondary N) is 4. The highest BCUT2D eigenvalue weighted by Crippen LogP contribution is 2.38. The third-order valence-electron chi connectivity index (χ3n) is 22.6. The molecule has 0 unspecified atom stereocenters. The van der Waals surface area contributed by atoms with Gasteiger partial charge in [-0.15, -0.1) is 0 Å². The van der Waals surface area contributed by atoms with Crippen LogP contribution in [0.25, 0.3) is 67.6 Å². The zero-order valence-corrected chi connectivity index (χ0v) is 75.0. The van der Waals surface area contributed by atoms with Gasteiger partial charge in [0.05, 0.1) is 127 Å². The van der Waals surface area contributed by atoms with E-state index in [0.717, 1.165) is 70.1 Å². The molecular weight excluding hydrogens is 1760 g/mol. The Labute approximate surface area is 758 Å². The lowest BCUT2D eigenvalue weighted by Gasteiger charge is -2.33. The number of ether oxygens (including phenoxy) is 5. The first kappa shape index (κ1) is 95.1. The molecule has 684 valence electrons. The summed E-state index contributed by atoms with van der Waals surface area (Å²) in [5.41, 5.74) is 8.08. The second-order valence-corrected chi connectivity index (χ2v) is 32.4. The molecule has 29 nitrogen and oxygen atoms in total. The van der Waals surface area contributed by atoms with Gasteiger partial charge >= 0.3 is 6.09 Å². The lowest BCUT2D eigenvalue weighted by atomic mass is 9.99. The number of methoxy groups -OCH3 is 1. The molecule has 12 aromatic rings. The summed E-state index contributed by atoms with van der Waals surface area (Å²) in [4.78, 5) is 121. The minimum absolute atomic E-state index is 0.0234. The van der Waals surface area contributed by atoms with Gasteiger partial charge < -0.3 is 82.2 Å². The quantitative estimate of drug-likeness (QED) is 0.0580. The number of hydrogen-bond donors (Lipinski definition) is 4. The van der Waals surface area contributed by atoms with E-state index in [2.05, 4.69) is 59.7 Å². The highest BCUT2D eigenvalue weighted by atomic mass is 35.5. The smallest absolute Gasteiger partial charge is 0.409 e. The van der Waals surface area contributed by atoms with E-state index < -0.39 is 64.8 Å². The Morgan fingerprint density at radius 3 is 1.03 bits per heavy atom. The van der Waals surface area contributed by atoms with Crippen LogP contribution in [-0.2, 0) is 63.8 Å². The molecule has 0 aliphatic carbocycles. The molecular formula is C92H95Cl3F6N16O13. The van der Waals surface area contributed by atoms with Crippen LogP contribution in [0.5, 0.6) is 0 Å². The summed E-state index contributed by atoms with van der Waals surface area (Å²) in [5.74, 6) is -7.28. The summed E-state index contributed by atoms with van der Waals surface area (Å²) in [6.45, 7) is 14.4. The summed E-state index contributed by atoms with van der Waals surface area (Å²) in [6, 6.07) is 25.4. The molecule has 4 N–H and O–H groups in total. The van der Waals surface area contributed by atoms with E-state index in [1.807, 2.05) is 43.1 Å². The number of hydrogen-bond acceptors (Lipinski definition) is 17.